The van der Waals surface area contributed by atoms with Crippen molar-refractivity contribution in [2.24, 2.45) is 7.05 Å². The standard InChI is InChI=1S/C12H15N3O4S/c1-12(5-6-12)13-20(18,19)8-3-4-9-10(7-8)15(17)11(16)14(9)2/h3-4,7,13,17H,5-6H2,1-2H3. The Kier molecular flexibility index (Phi) is 2.55. The van der Waals surface area contributed by atoms with Gasteiger partial charge in [-0.3, -0.25) is 4.57 Å². The number of rotatable bonds is 3. The average Bonchev–Trinajstić information content (AvgIpc) is 3.06. The molecule has 2 aromatic rings. The van der Waals surface area contributed by atoms with Crippen molar-refractivity contribution in [2.45, 2.75) is 30.2 Å². The van der Waals surface area contributed by atoms with Gasteiger partial charge in [-0.1, -0.05) is 0 Å². The van der Waals surface area contributed by atoms with Crippen LogP contribution in [0.5, 0.6) is 0 Å². The highest BCUT2D eigenvalue weighted by Crippen LogP contribution is 2.36. The van der Waals surface area contributed by atoms with Crippen LogP contribution in [0.15, 0.2) is 27.9 Å². The van der Waals surface area contributed by atoms with Crippen LogP contribution in [-0.2, 0) is 17.1 Å². The normalized spacial score (nSPS) is 17.5. The first-order chi connectivity index (χ1) is 9.23. The van der Waals surface area contributed by atoms with E-state index in [2.05, 4.69) is 4.72 Å². The van der Waals surface area contributed by atoms with Crippen molar-refractivity contribution in [3.05, 3.63) is 28.7 Å². The molecule has 0 amide bonds. The molecular weight excluding hydrogens is 282 g/mol. The van der Waals surface area contributed by atoms with Crippen molar-refractivity contribution in [1.29, 1.82) is 0 Å². The minimum Gasteiger partial charge on any atom is -0.424 e. The Hall–Kier alpha value is -1.80. The highest BCUT2D eigenvalue weighted by atomic mass is 32.2. The summed E-state index contributed by atoms with van der Waals surface area (Å²) in [7, 11) is -2.14. The van der Waals surface area contributed by atoms with Crippen molar-refractivity contribution >= 4 is 21.1 Å². The summed E-state index contributed by atoms with van der Waals surface area (Å²) in [5.74, 6) is 0. The maximum Gasteiger partial charge on any atom is 0.361 e. The summed E-state index contributed by atoms with van der Waals surface area (Å²) in [6, 6.07) is 4.23. The zero-order chi connectivity index (χ0) is 14.7. The molecule has 0 unspecified atom stereocenters. The molecule has 8 heteroatoms. The van der Waals surface area contributed by atoms with Gasteiger partial charge in [0.15, 0.2) is 0 Å². The van der Waals surface area contributed by atoms with Gasteiger partial charge in [-0.2, -0.15) is 0 Å². The summed E-state index contributed by atoms with van der Waals surface area (Å²) in [6.07, 6.45) is 1.62. The van der Waals surface area contributed by atoms with Gasteiger partial charge in [0.25, 0.3) is 0 Å². The maximum absolute atomic E-state index is 12.2. The second-order valence-electron chi connectivity index (χ2n) is 5.47. The molecule has 0 spiro atoms. The van der Waals surface area contributed by atoms with Crippen LogP contribution in [0.4, 0.5) is 0 Å². The quantitative estimate of drug-likeness (QED) is 0.802. The molecule has 0 saturated heterocycles. The van der Waals surface area contributed by atoms with Gasteiger partial charge in [-0.25, -0.2) is 17.9 Å². The van der Waals surface area contributed by atoms with Crippen LogP contribution < -0.4 is 10.4 Å². The summed E-state index contributed by atoms with van der Waals surface area (Å²) in [4.78, 5) is 11.6. The molecule has 20 heavy (non-hydrogen) atoms. The van der Waals surface area contributed by atoms with E-state index >= 15 is 0 Å². The van der Waals surface area contributed by atoms with Crippen molar-refractivity contribution in [3.63, 3.8) is 0 Å². The number of imidazole rings is 1. The molecular formula is C12H15N3O4S. The Labute approximate surface area is 115 Å². The number of fused-ring (bicyclic) bond motifs is 1. The third-order valence-electron chi connectivity index (χ3n) is 3.70. The number of sulfonamides is 1. The molecule has 1 aliphatic rings. The number of aryl methyl sites for hydroxylation is 1. The Bertz CT molecular complexity index is 859. The zero-order valence-electron chi connectivity index (χ0n) is 11.1. The fourth-order valence-electron chi connectivity index (χ4n) is 2.14. The number of hydrogen-bond donors (Lipinski definition) is 2. The molecule has 3 rings (SSSR count). The molecule has 1 aromatic carbocycles. The topological polar surface area (TPSA) is 93.3 Å². The third-order valence-corrected chi connectivity index (χ3v) is 5.33. The Morgan fingerprint density at radius 3 is 2.55 bits per heavy atom. The van der Waals surface area contributed by atoms with Gasteiger partial charge in [0, 0.05) is 12.6 Å². The molecule has 0 bridgehead atoms. The lowest BCUT2D eigenvalue weighted by molar-refractivity contribution is 0.185. The molecule has 2 N–H and O–H groups in total. The Morgan fingerprint density at radius 1 is 1.30 bits per heavy atom. The Balaban J connectivity index is 2.14. The van der Waals surface area contributed by atoms with E-state index in [0.29, 0.717) is 10.2 Å². The lowest BCUT2D eigenvalue weighted by Crippen LogP contribution is -2.34. The van der Waals surface area contributed by atoms with Gasteiger partial charge in [-0.05, 0) is 38.0 Å². The number of benzene rings is 1. The fraction of sp³-hybridized carbons (Fsp3) is 0.417. The van der Waals surface area contributed by atoms with Crippen molar-refractivity contribution in [2.75, 3.05) is 0 Å². The first kappa shape index (κ1) is 13.2. The highest BCUT2D eigenvalue weighted by Gasteiger charge is 2.41. The molecule has 108 valence electrons. The monoisotopic (exact) mass is 297 g/mol. The fourth-order valence-corrected chi connectivity index (χ4v) is 3.63. The minimum atomic E-state index is -3.65. The predicted molar refractivity (Wildman–Crippen MR) is 72.3 cm³/mol. The molecule has 7 nitrogen and oxygen atoms in total. The largest absolute Gasteiger partial charge is 0.424 e. The van der Waals surface area contributed by atoms with Gasteiger partial charge in [-0.15, -0.1) is 4.73 Å². The number of nitrogens with zero attached hydrogens (tertiary/aromatic N) is 2. The van der Waals surface area contributed by atoms with E-state index in [1.807, 2.05) is 6.92 Å². The summed E-state index contributed by atoms with van der Waals surface area (Å²) in [5, 5.41) is 9.68. The minimum absolute atomic E-state index is 0.0338. The zero-order valence-corrected chi connectivity index (χ0v) is 11.9. The van der Waals surface area contributed by atoms with E-state index in [9.17, 15) is 18.4 Å². The van der Waals surface area contributed by atoms with Gasteiger partial charge >= 0.3 is 5.69 Å². The van der Waals surface area contributed by atoms with E-state index in [0.717, 1.165) is 12.8 Å². The number of aromatic nitrogens is 2. The van der Waals surface area contributed by atoms with Crippen molar-refractivity contribution in [3.8, 4) is 0 Å². The van der Waals surface area contributed by atoms with Crippen LogP contribution in [0.25, 0.3) is 11.0 Å². The van der Waals surface area contributed by atoms with Crippen LogP contribution in [0, 0.1) is 0 Å². The molecule has 1 aliphatic carbocycles. The first-order valence-electron chi connectivity index (χ1n) is 6.18. The molecule has 1 heterocycles. The van der Waals surface area contributed by atoms with Crippen LogP contribution in [-0.4, -0.2) is 28.5 Å². The lowest BCUT2D eigenvalue weighted by atomic mass is 10.3. The first-order valence-corrected chi connectivity index (χ1v) is 7.67. The summed E-state index contributed by atoms with van der Waals surface area (Å²) in [5.41, 5.74) is -0.351. The second-order valence-corrected chi connectivity index (χ2v) is 7.15. The average molecular weight is 297 g/mol. The SMILES string of the molecule is Cn1c(=O)n(O)c2cc(S(=O)(=O)NC3(C)CC3)ccc21. The van der Waals surface area contributed by atoms with Crippen LogP contribution >= 0.6 is 0 Å². The van der Waals surface area contributed by atoms with E-state index in [4.69, 9.17) is 0 Å². The third kappa shape index (κ3) is 1.92. The van der Waals surface area contributed by atoms with Gasteiger partial charge in [0.05, 0.1) is 10.4 Å². The van der Waals surface area contributed by atoms with Crippen LogP contribution in [0.2, 0.25) is 0 Å². The van der Waals surface area contributed by atoms with E-state index in [1.54, 1.807) is 0 Å². The van der Waals surface area contributed by atoms with Crippen molar-refractivity contribution < 1.29 is 13.6 Å². The maximum atomic E-state index is 12.2. The summed E-state index contributed by atoms with van der Waals surface area (Å²) >= 11 is 0. The molecule has 1 saturated carbocycles. The van der Waals surface area contributed by atoms with E-state index < -0.39 is 15.7 Å². The summed E-state index contributed by atoms with van der Waals surface area (Å²) in [6.45, 7) is 1.84. The van der Waals surface area contributed by atoms with Gasteiger partial charge in [0.1, 0.15) is 5.52 Å². The molecule has 0 atom stereocenters. The van der Waals surface area contributed by atoms with Crippen LogP contribution in [0.3, 0.4) is 0 Å². The molecule has 1 aromatic heterocycles. The Morgan fingerprint density at radius 2 is 1.95 bits per heavy atom. The van der Waals surface area contributed by atoms with E-state index in [-0.39, 0.29) is 16.0 Å². The van der Waals surface area contributed by atoms with Gasteiger partial charge < -0.3 is 5.21 Å². The number of hydrogen-bond acceptors (Lipinski definition) is 4. The van der Waals surface area contributed by atoms with Gasteiger partial charge in [0.2, 0.25) is 10.0 Å². The molecule has 0 aliphatic heterocycles. The smallest absolute Gasteiger partial charge is 0.361 e. The lowest BCUT2D eigenvalue weighted by Gasteiger charge is -2.12. The molecule has 0 radical (unpaired) electrons. The van der Waals surface area contributed by atoms with Crippen molar-refractivity contribution in [1.82, 2.24) is 14.0 Å². The highest BCUT2D eigenvalue weighted by molar-refractivity contribution is 7.89. The molecule has 1 fully saturated rings. The summed E-state index contributed by atoms with van der Waals surface area (Å²) < 4.78 is 28.8. The van der Waals surface area contributed by atoms with E-state index in [1.165, 1.54) is 29.8 Å². The van der Waals surface area contributed by atoms with Crippen LogP contribution in [0.1, 0.15) is 19.8 Å². The number of nitrogens with one attached hydrogen (secondary N) is 1. The second kappa shape index (κ2) is 3.86. The predicted octanol–water partition coefficient (Wildman–Crippen LogP) is 0.408.